The van der Waals surface area contributed by atoms with Crippen LogP contribution in [0.5, 0.6) is 0 Å². The van der Waals surface area contributed by atoms with Crippen molar-refractivity contribution in [3.8, 4) is 0 Å². The standard InChI is InChI=1S/C9H12N4O2/c1-5-7(6(4-10)8(14)15)12-9-11-2-3-13(5)9/h2-3,6H,4,10H2,1H3,(H,11,12)(H,14,15). The lowest BCUT2D eigenvalue weighted by Gasteiger charge is -2.08. The summed E-state index contributed by atoms with van der Waals surface area (Å²) in [7, 11) is 0. The number of hydrogen-bond donors (Lipinski definition) is 3. The summed E-state index contributed by atoms with van der Waals surface area (Å²) in [5.74, 6) is -0.987. The van der Waals surface area contributed by atoms with Gasteiger partial charge in [-0.05, 0) is 6.92 Å². The Morgan fingerprint density at radius 1 is 1.80 bits per heavy atom. The van der Waals surface area contributed by atoms with Gasteiger partial charge in [-0.2, -0.15) is 0 Å². The van der Waals surface area contributed by atoms with E-state index in [1.54, 1.807) is 16.8 Å². The lowest BCUT2D eigenvalue weighted by atomic mass is 10.1. The number of imidazole rings is 2. The second kappa shape index (κ2) is 3.39. The molecule has 15 heavy (non-hydrogen) atoms. The van der Waals surface area contributed by atoms with Crippen LogP contribution in [-0.2, 0) is 4.79 Å². The number of nitrogens with two attached hydrogens (primary N) is 1. The maximum atomic E-state index is 11.0. The van der Waals surface area contributed by atoms with Gasteiger partial charge in [-0.25, -0.2) is 4.98 Å². The van der Waals surface area contributed by atoms with Crippen LogP contribution in [0.3, 0.4) is 0 Å². The molecule has 0 bridgehead atoms. The van der Waals surface area contributed by atoms with Gasteiger partial charge in [0.1, 0.15) is 5.92 Å². The molecule has 0 saturated heterocycles. The average Bonchev–Trinajstić information content (AvgIpc) is 2.72. The van der Waals surface area contributed by atoms with Crippen molar-refractivity contribution in [1.82, 2.24) is 14.4 Å². The SMILES string of the molecule is Cc1c(C(CN)C(=O)O)[nH]c2nccn12. The molecule has 2 heterocycles. The number of aryl methyl sites for hydroxylation is 1. The van der Waals surface area contributed by atoms with Crippen LogP contribution in [0, 0.1) is 6.92 Å². The van der Waals surface area contributed by atoms with Gasteiger partial charge in [0, 0.05) is 24.6 Å². The lowest BCUT2D eigenvalue weighted by molar-refractivity contribution is -0.138. The molecule has 2 rings (SSSR count). The Bertz CT molecular complexity index is 499. The van der Waals surface area contributed by atoms with Gasteiger partial charge in [0.15, 0.2) is 0 Å². The molecule has 2 aromatic heterocycles. The molecule has 0 aliphatic heterocycles. The summed E-state index contributed by atoms with van der Waals surface area (Å²) in [5.41, 5.74) is 6.89. The zero-order valence-corrected chi connectivity index (χ0v) is 8.27. The number of rotatable bonds is 3. The van der Waals surface area contributed by atoms with E-state index < -0.39 is 11.9 Å². The van der Waals surface area contributed by atoms with Gasteiger partial charge in [-0.1, -0.05) is 0 Å². The molecule has 0 radical (unpaired) electrons. The largest absolute Gasteiger partial charge is 0.481 e. The summed E-state index contributed by atoms with van der Waals surface area (Å²) < 4.78 is 1.81. The minimum absolute atomic E-state index is 0.0693. The number of hydrogen-bond acceptors (Lipinski definition) is 3. The first-order valence-electron chi connectivity index (χ1n) is 4.59. The fourth-order valence-corrected chi connectivity index (χ4v) is 1.69. The van der Waals surface area contributed by atoms with Crippen LogP contribution in [0.4, 0.5) is 0 Å². The van der Waals surface area contributed by atoms with Gasteiger partial charge in [0.25, 0.3) is 0 Å². The Morgan fingerprint density at radius 3 is 3.07 bits per heavy atom. The molecule has 4 N–H and O–H groups in total. The van der Waals surface area contributed by atoms with Crippen LogP contribution in [-0.4, -0.2) is 32.0 Å². The second-order valence-corrected chi connectivity index (χ2v) is 3.37. The number of nitrogens with zero attached hydrogens (tertiary/aromatic N) is 2. The zero-order valence-electron chi connectivity index (χ0n) is 8.27. The number of aromatic nitrogens is 3. The van der Waals surface area contributed by atoms with Crippen LogP contribution in [0.15, 0.2) is 12.4 Å². The van der Waals surface area contributed by atoms with Crippen molar-refractivity contribution in [2.24, 2.45) is 5.73 Å². The number of H-pyrrole nitrogens is 1. The summed E-state index contributed by atoms with van der Waals surface area (Å²) in [6.45, 7) is 1.91. The number of aliphatic carboxylic acids is 1. The molecule has 2 aromatic rings. The number of carboxylic acids is 1. The molecule has 0 fully saturated rings. The first-order valence-corrected chi connectivity index (χ1v) is 4.59. The van der Waals surface area contributed by atoms with E-state index >= 15 is 0 Å². The molecular weight excluding hydrogens is 196 g/mol. The van der Waals surface area contributed by atoms with Crippen molar-refractivity contribution in [1.29, 1.82) is 0 Å². The molecule has 1 atom stereocenters. The van der Waals surface area contributed by atoms with Crippen LogP contribution in [0.1, 0.15) is 17.3 Å². The number of fused-ring (bicyclic) bond motifs is 1. The quantitative estimate of drug-likeness (QED) is 0.666. The Labute approximate surface area is 85.7 Å². The first-order chi connectivity index (χ1) is 7.15. The molecule has 80 valence electrons. The van der Waals surface area contributed by atoms with Gasteiger partial charge in [-0.3, -0.25) is 9.20 Å². The molecule has 0 saturated carbocycles. The van der Waals surface area contributed by atoms with E-state index in [0.717, 1.165) is 5.69 Å². The fourth-order valence-electron chi connectivity index (χ4n) is 1.69. The molecule has 0 aliphatic rings. The molecule has 0 aromatic carbocycles. The topological polar surface area (TPSA) is 96.4 Å². The lowest BCUT2D eigenvalue weighted by Crippen LogP contribution is -2.22. The number of carboxylic acid groups (broad SMARTS) is 1. The molecule has 1 unspecified atom stereocenters. The van der Waals surface area contributed by atoms with Crippen LogP contribution in [0.25, 0.3) is 5.78 Å². The van der Waals surface area contributed by atoms with Crippen LogP contribution in [0.2, 0.25) is 0 Å². The van der Waals surface area contributed by atoms with E-state index in [9.17, 15) is 4.79 Å². The van der Waals surface area contributed by atoms with Gasteiger partial charge in [-0.15, -0.1) is 0 Å². The summed E-state index contributed by atoms with van der Waals surface area (Å²) in [5, 5.41) is 8.98. The Morgan fingerprint density at radius 2 is 2.53 bits per heavy atom. The third-order valence-corrected chi connectivity index (χ3v) is 2.52. The number of nitrogens with one attached hydrogen (secondary N) is 1. The van der Waals surface area contributed by atoms with Gasteiger partial charge >= 0.3 is 5.97 Å². The van der Waals surface area contributed by atoms with Crippen LogP contribution >= 0.6 is 0 Å². The monoisotopic (exact) mass is 208 g/mol. The summed E-state index contributed by atoms with van der Waals surface area (Å²) >= 11 is 0. The maximum Gasteiger partial charge on any atom is 0.313 e. The highest BCUT2D eigenvalue weighted by Crippen LogP contribution is 2.19. The predicted octanol–water partition coefficient (Wildman–Crippen LogP) is 0.0977. The van der Waals surface area contributed by atoms with E-state index in [2.05, 4.69) is 9.97 Å². The van der Waals surface area contributed by atoms with Crippen molar-refractivity contribution < 1.29 is 9.90 Å². The first kappa shape index (κ1) is 9.72. The molecular formula is C9H12N4O2. The van der Waals surface area contributed by atoms with Crippen LogP contribution < -0.4 is 5.73 Å². The minimum atomic E-state index is -0.926. The highest BCUT2D eigenvalue weighted by Gasteiger charge is 2.23. The molecule has 0 aliphatic carbocycles. The number of carbonyl (C=O) groups is 1. The van der Waals surface area contributed by atoms with Crippen molar-refractivity contribution >= 4 is 11.7 Å². The molecule has 6 nitrogen and oxygen atoms in total. The minimum Gasteiger partial charge on any atom is -0.481 e. The van der Waals surface area contributed by atoms with E-state index in [0.29, 0.717) is 11.5 Å². The predicted molar refractivity (Wildman–Crippen MR) is 53.7 cm³/mol. The van der Waals surface area contributed by atoms with Gasteiger partial charge in [0.2, 0.25) is 5.78 Å². The summed E-state index contributed by atoms with van der Waals surface area (Å²) in [4.78, 5) is 18.0. The van der Waals surface area contributed by atoms with E-state index in [4.69, 9.17) is 10.8 Å². The van der Waals surface area contributed by atoms with E-state index in [-0.39, 0.29) is 6.54 Å². The Hall–Kier alpha value is -1.82. The van der Waals surface area contributed by atoms with Crippen molar-refractivity contribution in [2.75, 3.05) is 6.54 Å². The average molecular weight is 208 g/mol. The molecule has 6 heteroatoms. The second-order valence-electron chi connectivity index (χ2n) is 3.37. The highest BCUT2D eigenvalue weighted by molar-refractivity contribution is 5.76. The Balaban J connectivity index is 2.55. The molecule has 0 spiro atoms. The molecule has 0 amide bonds. The van der Waals surface area contributed by atoms with Crippen molar-refractivity contribution in [3.05, 3.63) is 23.8 Å². The van der Waals surface area contributed by atoms with E-state index in [1.807, 2.05) is 6.92 Å². The zero-order chi connectivity index (χ0) is 11.0. The summed E-state index contributed by atoms with van der Waals surface area (Å²) in [6.07, 6.45) is 3.43. The Kier molecular flexibility index (Phi) is 2.20. The normalized spacial score (nSPS) is 13.2. The fraction of sp³-hybridized carbons (Fsp3) is 0.333. The third-order valence-electron chi connectivity index (χ3n) is 2.52. The van der Waals surface area contributed by atoms with Gasteiger partial charge in [0.05, 0.1) is 5.69 Å². The number of aromatic amines is 1. The highest BCUT2D eigenvalue weighted by atomic mass is 16.4. The van der Waals surface area contributed by atoms with Gasteiger partial charge < -0.3 is 15.8 Å². The third kappa shape index (κ3) is 1.39. The van der Waals surface area contributed by atoms with Crippen molar-refractivity contribution in [3.63, 3.8) is 0 Å². The maximum absolute atomic E-state index is 11.0. The smallest absolute Gasteiger partial charge is 0.313 e. The summed E-state index contributed by atoms with van der Waals surface area (Å²) in [6, 6.07) is 0. The van der Waals surface area contributed by atoms with E-state index in [1.165, 1.54) is 0 Å². The van der Waals surface area contributed by atoms with Crippen molar-refractivity contribution in [2.45, 2.75) is 12.8 Å².